The maximum absolute atomic E-state index is 13.4. The Bertz CT molecular complexity index is 1390. The van der Waals surface area contributed by atoms with Gasteiger partial charge in [-0.2, -0.15) is 0 Å². The molecule has 0 aromatic heterocycles. The molecular formula is C26H27F2N4NaO9. The molecule has 3 heterocycles. The molecule has 5 rings (SSSR count). The normalized spacial score (nSPS) is 24.1. The number of aliphatic carboxylic acids is 2. The van der Waals surface area contributed by atoms with E-state index in [2.05, 4.69) is 10.6 Å². The molecule has 13 nitrogen and oxygen atoms in total. The van der Waals surface area contributed by atoms with E-state index in [-0.39, 0.29) is 60.2 Å². The van der Waals surface area contributed by atoms with Crippen LogP contribution in [0.5, 0.6) is 11.5 Å². The van der Waals surface area contributed by atoms with Crippen LogP contribution >= 0.6 is 0 Å². The first kappa shape index (κ1) is 36.1. The molecule has 3 aliphatic heterocycles. The molecule has 1 fully saturated rings. The van der Waals surface area contributed by atoms with Gasteiger partial charge in [-0.05, 0) is 50.2 Å². The van der Waals surface area contributed by atoms with Crippen molar-refractivity contribution in [2.45, 2.75) is 56.9 Å². The van der Waals surface area contributed by atoms with E-state index in [1.165, 1.54) is 30.3 Å². The molecule has 3 amide bonds. The fraction of sp³-hybridized carbons (Fsp3) is 0.346. The van der Waals surface area contributed by atoms with E-state index >= 15 is 0 Å². The minimum absolute atomic E-state index is 0. The summed E-state index contributed by atoms with van der Waals surface area (Å²) in [6, 6.07) is 7.15. The van der Waals surface area contributed by atoms with Crippen LogP contribution in [0.25, 0.3) is 0 Å². The van der Waals surface area contributed by atoms with Crippen LogP contribution < -0.4 is 60.5 Å². The number of imide groups is 1. The Morgan fingerprint density at radius 2 is 1.45 bits per heavy atom. The monoisotopic (exact) mass is 600 g/mol. The Kier molecular flexibility index (Phi) is 12.7. The molecule has 16 heteroatoms. The second-order valence-corrected chi connectivity index (χ2v) is 9.25. The van der Waals surface area contributed by atoms with E-state index in [0.717, 1.165) is 13.0 Å². The smallest absolute Gasteiger partial charge is 0.812 e. The summed E-state index contributed by atoms with van der Waals surface area (Å²) in [5.74, 6) is -2.70. The average Bonchev–Trinajstić information content (AvgIpc) is 3.13. The number of halogens is 2. The fourth-order valence-corrected chi connectivity index (χ4v) is 4.54. The van der Waals surface area contributed by atoms with Crippen molar-refractivity contribution in [3.05, 3.63) is 59.2 Å². The van der Waals surface area contributed by atoms with Crippen molar-refractivity contribution >= 4 is 23.9 Å². The van der Waals surface area contributed by atoms with Crippen LogP contribution in [0, 0.1) is 23.2 Å². The van der Waals surface area contributed by atoms with Crippen LogP contribution in [0.4, 0.5) is 13.6 Å². The van der Waals surface area contributed by atoms with E-state index in [1.54, 1.807) is 13.8 Å². The molecule has 2 aromatic rings. The zero-order valence-corrected chi connectivity index (χ0v) is 25.1. The molecule has 6 N–H and O–H groups in total. The first-order chi connectivity index (χ1) is 19.1. The molecule has 0 saturated carbocycles. The van der Waals surface area contributed by atoms with Gasteiger partial charge in [0.2, 0.25) is 0 Å². The van der Waals surface area contributed by atoms with Crippen molar-refractivity contribution in [2.75, 3.05) is 0 Å². The van der Waals surface area contributed by atoms with Gasteiger partial charge >= 0.3 is 41.6 Å². The number of benzene rings is 2. The van der Waals surface area contributed by atoms with E-state index in [1.807, 2.05) is 0 Å². The maximum Gasteiger partial charge on any atom is 1.00 e. The number of nitriles is 1. The SMILES string of the molecule is CC(=O)O.C[C@@H]1C[C@@](N)(C(=O)O)c2cc(F)ccc2O1.C[C@@H]1C[C@]2(NC(=O)NC2=O)c2cc(F)ccc2O1.N#C[O-].[Na+]. The van der Waals surface area contributed by atoms with Gasteiger partial charge in [0.15, 0.2) is 5.54 Å². The number of fused-ring (bicyclic) bond motifs is 3. The Hall–Kier alpha value is -3.97. The number of hydrogen-bond donors (Lipinski definition) is 5. The predicted molar refractivity (Wildman–Crippen MR) is 133 cm³/mol. The molecule has 3 aliphatic rings. The third kappa shape index (κ3) is 8.29. The molecule has 2 aromatic carbocycles. The van der Waals surface area contributed by atoms with Crippen LogP contribution in [0.3, 0.4) is 0 Å². The van der Waals surface area contributed by atoms with Gasteiger partial charge in [0.05, 0.1) is 12.2 Å². The number of rotatable bonds is 1. The van der Waals surface area contributed by atoms with Crippen molar-refractivity contribution in [3.63, 3.8) is 0 Å². The summed E-state index contributed by atoms with van der Waals surface area (Å²) in [6.45, 7) is 4.61. The van der Waals surface area contributed by atoms with E-state index < -0.39 is 46.6 Å². The van der Waals surface area contributed by atoms with Gasteiger partial charge < -0.3 is 35.8 Å². The van der Waals surface area contributed by atoms with E-state index in [0.29, 0.717) is 23.3 Å². The number of carbonyl (C=O) groups is 4. The molecule has 1 spiro atoms. The first-order valence-electron chi connectivity index (χ1n) is 11.9. The zero-order valence-electron chi connectivity index (χ0n) is 23.1. The van der Waals surface area contributed by atoms with Gasteiger partial charge in [0.25, 0.3) is 11.9 Å². The molecule has 42 heavy (non-hydrogen) atoms. The molecule has 0 bridgehead atoms. The topological polar surface area (TPSA) is 224 Å². The number of carboxylic acids is 2. The molecule has 0 aliphatic carbocycles. The molecule has 1 saturated heterocycles. The quantitative estimate of drug-likeness (QED) is 0.139. The van der Waals surface area contributed by atoms with Crippen molar-refractivity contribution < 1.29 is 82.3 Å². The van der Waals surface area contributed by atoms with E-state index in [9.17, 15) is 23.2 Å². The summed E-state index contributed by atoms with van der Waals surface area (Å²) in [5, 5.41) is 36.3. The van der Waals surface area contributed by atoms with Gasteiger partial charge in [-0.15, -0.1) is 0 Å². The summed E-state index contributed by atoms with van der Waals surface area (Å²) in [5.41, 5.74) is 3.59. The van der Waals surface area contributed by atoms with Crippen LogP contribution in [0.1, 0.15) is 44.7 Å². The average molecular weight is 601 g/mol. The van der Waals surface area contributed by atoms with Crippen LogP contribution in [-0.2, 0) is 25.5 Å². The Morgan fingerprint density at radius 1 is 1.02 bits per heavy atom. The molecule has 0 radical (unpaired) electrons. The summed E-state index contributed by atoms with van der Waals surface area (Å²) < 4.78 is 37.4. The molecule has 0 unspecified atom stereocenters. The van der Waals surface area contributed by atoms with Crippen LogP contribution in [0.2, 0.25) is 0 Å². The Labute approximate surface area is 260 Å². The summed E-state index contributed by atoms with van der Waals surface area (Å²) in [4.78, 5) is 43.6. The number of hydrogen-bond acceptors (Lipinski definition) is 9. The second-order valence-electron chi connectivity index (χ2n) is 9.25. The first-order valence-corrected chi connectivity index (χ1v) is 11.9. The Morgan fingerprint density at radius 3 is 1.88 bits per heavy atom. The number of ether oxygens (including phenoxy) is 2. The second kappa shape index (κ2) is 14.8. The number of carboxylic acid groups (broad SMARTS) is 2. The molecule has 220 valence electrons. The minimum Gasteiger partial charge on any atom is -0.812 e. The predicted octanol–water partition coefficient (Wildman–Crippen LogP) is -1.81. The van der Waals surface area contributed by atoms with Gasteiger partial charge in [0.1, 0.15) is 28.7 Å². The summed E-state index contributed by atoms with van der Waals surface area (Å²) >= 11 is 0. The minimum atomic E-state index is -1.57. The van der Waals surface area contributed by atoms with Crippen molar-refractivity contribution in [1.82, 2.24) is 10.6 Å². The van der Waals surface area contributed by atoms with Crippen molar-refractivity contribution in [1.29, 1.82) is 5.26 Å². The largest absolute Gasteiger partial charge is 1.00 e. The number of urea groups is 1. The number of nitrogens with two attached hydrogens (primary N) is 1. The van der Waals surface area contributed by atoms with Crippen molar-refractivity contribution in [2.24, 2.45) is 5.73 Å². The number of nitrogens with one attached hydrogen (secondary N) is 2. The standard InChI is InChI=1S/C12H11FN2O3.C11H12FNO3.C2H4O2.CHNO.Na/c1-6-5-12(10(16)14-11(17)15-12)8-4-7(13)2-3-9(8)18-6;1-6-5-11(13,10(14)15)8-4-7(12)2-3-9(8)16-6;1-2(3)4;2-1-3;/h2-4,6H,5H2,1H3,(H2,14,15,16,17);2-4,6H,5,13H2,1H3,(H,14,15);1H3,(H,3,4);3H;/q;;;;+1/p-1/t6-,12+;6-,11+;;;/m11.../s1. The number of carbonyl (C=O) groups excluding carboxylic acids is 2. The summed E-state index contributed by atoms with van der Waals surface area (Å²) in [7, 11) is 0. The van der Waals surface area contributed by atoms with Gasteiger partial charge in [0, 0.05) is 37.1 Å². The van der Waals surface area contributed by atoms with Crippen molar-refractivity contribution in [3.8, 4) is 17.8 Å². The van der Waals surface area contributed by atoms with Crippen LogP contribution in [-0.4, -0.2) is 46.3 Å². The molecule has 4 atom stereocenters. The fourth-order valence-electron chi connectivity index (χ4n) is 4.54. The van der Waals surface area contributed by atoms with E-state index in [4.69, 9.17) is 40.6 Å². The molecular weight excluding hydrogens is 573 g/mol. The van der Waals surface area contributed by atoms with Crippen LogP contribution in [0.15, 0.2) is 36.4 Å². The third-order valence-corrected chi connectivity index (χ3v) is 6.01. The van der Waals surface area contributed by atoms with Gasteiger partial charge in [-0.3, -0.25) is 14.9 Å². The van der Waals surface area contributed by atoms with Gasteiger partial charge in [-0.25, -0.2) is 23.6 Å². The summed E-state index contributed by atoms with van der Waals surface area (Å²) in [6.07, 6.45) is 0.353. The van der Waals surface area contributed by atoms with Gasteiger partial charge in [-0.1, -0.05) is 0 Å². The third-order valence-electron chi connectivity index (χ3n) is 6.01. The zero-order chi connectivity index (χ0) is 31.1. The number of nitrogens with zero attached hydrogens (tertiary/aromatic N) is 1. The Balaban J connectivity index is 0.000000340. The number of amides is 3. The maximum atomic E-state index is 13.4.